The largest absolute Gasteiger partial charge is 0.297 e. The van der Waals surface area contributed by atoms with Crippen molar-refractivity contribution < 1.29 is 16.8 Å². The zero-order valence-corrected chi connectivity index (χ0v) is 16.8. The summed E-state index contributed by atoms with van der Waals surface area (Å²) in [5.41, 5.74) is 0.513. The fourth-order valence-electron chi connectivity index (χ4n) is 2.60. The zero-order valence-electron chi connectivity index (χ0n) is 15.2. The molecule has 0 atom stereocenters. The van der Waals surface area contributed by atoms with Crippen LogP contribution in [0.25, 0.3) is 0 Å². The summed E-state index contributed by atoms with van der Waals surface area (Å²) in [7, 11) is -7.22. The van der Waals surface area contributed by atoms with Crippen LogP contribution in [0.5, 0.6) is 0 Å². The first-order valence-corrected chi connectivity index (χ1v) is 11.3. The predicted octanol–water partition coefficient (Wildman–Crippen LogP) is 1.80. The summed E-state index contributed by atoms with van der Waals surface area (Å²) >= 11 is 0. The van der Waals surface area contributed by atoms with Gasteiger partial charge in [0.25, 0.3) is 0 Å². The number of sulfone groups is 1. The van der Waals surface area contributed by atoms with Gasteiger partial charge in [-0.05, 0) is 52.3 Å². The smallest absolute Gasteiger partial charge is 0.240 e. The van der Waals surface area contributed by atoms with Gasteiger partial charge < -0.3 is 0 Å². The molecule has 24 heavy (non-hydrogen) atoms. The van der Waals surface area contributed by atoms with Crippen molar-refractivity contribution in [1.29, 1.82) is 0 Å². The number of nitrogens with one attached hydrogen (secondary N) is 1. The minimum atomic E-state index is -3.76. The van der Waals surface area contributed by atoms with Crippen molar-refractivity contribution in [2.45, 2.75) is 56.5 Å². The van der Waals surface area contributed by atoms with E-state index in [0.29, 0.717) is 24.2 Å². The lowest BCUT2D eigenvalue weighted by Crippen LogP contribution is -2.42. The number of hydrogen-bond acceptors (Lipinski definition) is 5. The van der Waals surface area contributed by atoms with E-state index < -0.39 is 19.9 Å². The molecule has 0 aliphatic carbocycles. The molecule has 1 N–H and O–H groups in total. The summed E-state index contributed by atoms with van der Waals surface area (Å²) in [6, 6.07) is 4.77. The number of hydrogen-bond donors (Lipinski definition) is 1. The number of sulfonamides is 1. The lowest BCUT2D eigenvalue weighted by atomic mass is 10.2. The van der Waals surface area contributed by atoms with Crippen LogP contribution in [0.3, 0.4) is 0 Å². The molecular weight excluding hydrogens is 348 g/mol. The van der Waals surface area contributed by atoms with E-state index in [2.05, 4.69) is 37.3 Å². The second-order valence-electron chi connectivity index (χ2n) is 6.52. The fraction of sp³-hybridized carbons (Fsp3) is 0.625. The standard InChI is InChI=1S/C16H28N2O4S2/c1-12(2)18(13(3)4)10-9-17-24(21,22)16-11-15(23(6,19)20)8-7-14(16)5/h7-8,11-13,17H,9-10H2,1-6H3. The van der Waals surface area contributed by atoms with Crippen LogP contribution in [0.2, 0.25) is 0 Å². The van der Waals surface area contributed by atoms with Crippen molar-refractivity contribution in [3.63, 3.8) is 0 Å². The summed E-state index contributed by atoms with van der Waals surface area (Å²) in [6.45, 7) is 10.8. The first kappa shape index (κ1) is 21.1. The van der Waals surface area contributed by atoms with Crippen molar-refractivity contribution in [2.24, 2.45) is 0 Å². The maximum absolute atomic E-state index is 12.5. The molecule has 0 radical (unpaired) electrons. The van der Waals surface area contributed by atoms with Gasteiger partial charge in [-0.2, -0.15) is 0 Å². The Balaban J connectivity index is 2.97. The second-order valence-corrected chi connectivity index (χ2v) is 10.3. The lowest BCUT2D eigenvalue weighted by Gasteiger charge is -2.30. The number of nitrogens with zero attached hydrogens (tertiary/aromatic N) is 1. The number of benzene rings is 1. The summed E-state index contributed by atoms with van der Waals surface area (Å²) in [5.74, 6) is 0. The molecular formula is C16H28N2O4S2. The third kappa shape index (κ3) is 5.54. The summed E-state index contributed by atoms with van der Waals surface area (Å²) < 4.78 is 50.9. The van der Waals surface area contributed by atoms with Crippen molar-refractivity contribution >= 4 is 19.9 Å². The summed E-state index contributed by atoms with van der Waals surface area (Å²) in [6.07, 6.45) is 1.06. The highest BCUT2D eigenvalue weighted by molar-refractivity contribution is 7.91. The van der Waals surface area contributed by atoms with Crippen LogP contribution in [0.1, 0.15) is 33.3 Å². The molecule has 1 rings (SSSR count). The Morgan fingerprint density at radius 3 is 2.04 bits per heavy atom. The van der Waals surface area contributed by atoms with Crippen LogP contribution < -0.4 is 4.72 Å². The van der Waals surface area contributed by atoms with E-state index in [1.165, 1.54) is 18.2 Å². The van der Waals surface area contributed by atoms with Crippen molar-refractivity contribution in [1.82, 2.24) is 9.62 Å². The van der Waals surface area contributed by atoms with E-state index >= 15 is 0 Å². The monoisotopic (exact) mass is 376 g/mol. The van der Waals surface area contributed by atoms with E-state index in [1.807, 2.05) is 0 Å². The molecule has 0 aromatic heterocycles. The molecule has 0 spiro atoms. The Morgan fingerprint density at radius 1 is 1.04 bits per heavy atom. The molecule has 0 heterocycles. The van der Waals surface area contributed by atoms with E-state index in [4.69, 9.17) is 0 Å². The highest BCUT2D eigenvalue weighted by Crippen LogP contribution is 2.20. The molecule has 0 fully saturated rings. The van der Waals surface area contributed by atoms with Crippen LogP contribution in [0.4, 0.5) is 0 Å². The third-order valence-electron chi connectivity index (χ3n) is 3.87. The number of rotatable bonds is 8. The second kappa shape index (κ2) is 7.95. The quantitative estimate of drug-likeness (QED) is 0.748. The highest BCUT2D eigenvalue weighted by Gasteiger charge is 2.20. The van der Waals surface area contributed by atoms with Crippen LogP contribution in [0, 0.1) is 6.92 Å². The van der Waals surface area contributed by atoms with Gasteiger partial charge in [0.1, 0.15) is 0 Å². The van der Waals surface area contributed by atoms with Crippen LogP contribution in [-0.4, -0.2) is 53.2 Å². The van der Waals surface area contributed by atoms with E-state index in [-0.39, 0.29) is 16.3 Å². The summed E-state index contributed by atoms with van der Waals surface area (Å²) in [5, 5.41) is 0. The Labute approximate surface area is 146 Å². The Hall–Kier alpha value is -0.960. The van der Waals surface area contributed by atoms with E-state index in [0.717, 1.165) is 6.26 Å². The average Bonchev–Trinajstić information content (AvgIpc) is 2.41. The van der Waals surface area contributed by atoms with E-state index in [1.54, 1.807) is 6.92 Å². The molecule has 0 amide bonds. The Kier molecular flexibility index (Phi) is 6.98. The molecule has 0 aliphatic heterocycles. The van der Waals surface area contributed by atoms with Gasteiger partial charge in [0.2, 0.25) is 10.0 Å². The van der Waals surface area contributed by atoms with Crippen LogP contribution >= 0.6 is 0 Å². The minimum Gasteiger partial charge on any atom is -0.297 e. The molecule has 6 nitrogen and oxygen atoms in total. The molecule has 1 aromatic rings. The highest BCUT2D eigenvalue weighted by atomic mass is 32.2. The zero-order chi connectivity index (χ0) is 18.7. The molecule has 0 saturated carbocycles. The Morgan fingerprint density at radius 2 is 1.58 bits per heavy atom. The lowest BCUT2D eigenvalue weighted by molar-refractivity contribution is 0.179. The van der Waals surface area contributed by atoms with Gasteiger partial charge >= 0.3 is 0 Å². The van der Waals surface area contributed by atoms with Gasteiger partial charge in [0.05, 0.1) is 9.79 Å². The van der Waals surface area contributed by atoms with E-state index in [9.17, 15) is 16.8 Å². The van der Waals surface area contributed by atoms with Gasteiger partial charge in [0.15, 0.2) is 9.84 Å². The Bertz CT molecular complexity index is 761. The molecule has 0 aliphatic rings. The first-order valence-electron chi connectivity index (χ1n) is 7.92. The van der Waals surface area contributed by atoms with Crippen molar-refractivity contribution in [3.8, 4) is 0 Å². The van der Waals surface area contributed by atoms with Crippen LogP contribution in [-0.2, 0) is 19.9 Å². The summed E-state index contributed by atoms with van der Waals surface area (Å²) in [4.78, 5) is 2.19. The molecule has 8 heteroatoms. The molecule has 0 saturated heterocycles. The molecule has 1 aromatic carbocycles. The maximum atomic E-state index is 12.5. The van der Waals surface area contributed by atoms with Gasteiger partial charge in [-0.25, -0.2) is 21.6 Å². The average molecular weight is 377 g/mol. The van der Waals surface area contributed by atoms with Crippen LogP contribution in [0.15, 0.2) is 28.0 Å². The topological polar surface area (TPSA) is 83.5 Å². The minimum absolute atomic E-state index is 0.000498. The van der Waals surface area contributed by atoms with Crippen molar-refractivity contribution in [2.75, 3.05) is 19.3 Å². The maximum Gasteiger partial charge on any atom is 0.240 e. The fourth-order valence-corrected chi connectivity index (χ4v) is 4.61. The molecule has 0 unspecified atom stereocenters. The normalized spacial score (nSPS) is 13.2. The molecule has 0 bridgehead atoms. The third-order valence-corrected chi connectivity index (χ3v) is 6.58. The van der Waals surface area contributed by atoms with Gasteiger partial charge in [0, 0.05) is 31.4 Å². The predicted molar refractivity (Wildman–Crippen MR) is 96.5 cm³/mol. The SMILES string of the molecule is Cc1ccc(S(C)(=O)=O)cc1S(=O)(=O)NCCN(C(C)C)C(C)C. The molecule has 138 valence electrons. The van der Waals surface area contributed by atoms with Gasteiger partial charge in [-0.15, -0.1) is 0 Å². The van der Waals surface area contributed by atoms with Gasteiger partial charge in [-0.3, -0.25) is 4.90 Å². The van der Waals surface area contributed by atoms with Crippen molar-refractivity contribution in [3.05, 3.63) is 23.8 Å². The number of aryl methyl sites for hydroxylation is 1. The van der Waals surface area contributed by atoms with Gasteiger partial charge in [-0.1, -0.05) is 6.07 Å². The first-order chi connectivity index (χ1) is 10.9.